The SMILES string of the molecule is CCCCCCCC1CCC(C2(c3ccc(COCc4ccc(C5(C6CCC(CCCCCCC)CC6)CCCCC5)c(F)c4F)c(F)c3F)CCCCC2)CC1. The molecule has 0 saturated heterocycles. The van der Waals surface area contributed by atoms with E-state index in [1.165, 1.54) is 103 Å². The van der Waals surface area contributed by atoms with Gasteiger partial charge in [-0.05, 0) is 86.2 Å². The Morgan fingerprint density at radius 2 is 0.825 bits per heavy atom. The lowest BCUT2D eigenvalue weighted by atomic mass is 9.57. The maximum absolute atomic E-state index is 16.2. The number of benzene rings is 2. The van der Waals surface area contributed by atoms with Crippen molar-refractivity contribution in [2.45, 2.75) is 231 Å². The van der Waals surface area contributed by atoms with Crippen LogP contribution < -0.4 is 0 Å². The molecular weight excluding hydrogens is 717 g/mol. The third-order valence-corrected chi connectivity index (χ3v) is 16.1. The van der Waals surface area contributed by atoms with Crippen LogP contribution in [0.4, 0.5) is 17.6 Å². The summed E-state index contributed by atoms with van der Waals surface area (Å²) in [6.07, 6.45) is 35.3. The molecule has 2 aromatic carbocycles. The Bertz CT molecular complexity index is 1380. The van der Waals surface area contributed by atoms with E-state index in [2.05, 4.69) is 13.8 Å². The van der Waals surface area contributed by atoms with E-state index in [0.717, 1.165) is 102 Å². The fraction of sp³-hybridized carbons (Fsp3) is 0.769. The minimum atomic E-state index is -0.842. The second kappa shape index (κ2) is 22.1. The highest BCUT2D eigenvalue weighted by atomic mass is 19.2. The van der Waals surface area contributed by atoms with Crippen molar-refractivity contribution in [3.05, 3.63) is 69.8 Å². The van der Waals surface area contributed by atoms with Crippen LogP contribution >= 0.6 is 0 Å². The van der Waals surface area contributed by atoms with Crippen LogP contribution in [0.25, 0.3) is 0 Å². The highest BCUT2D eigenvalue weighted by Crippen LogP contribution is 2.54. The van der Waals surface area contributed by atoms with Crippen molar-refractivity contribution in [1.82, 2.24) is 0 Å². The number of unbranched alkanes of at least 4 members (excludes halogenated alkanes) is 8. The fourth-order valence-electron chi connectivity index (χ4n) is 12.7. The zero-order valence-corrected chi connectivity index (χ0v) is 36.2. The molecule has 4 aliphatic carbocycles. The standard InChI is InChI=1S/C52H78F4O/c1-3-5-7-9-13-19-39-21-27-43(28-22-39)51(33-15-11-16-34-51)45-31-25-41(47(53)49(45)55)37-57-38-42-26-32-46(50(56)48(42)54)52(35-17-12-18-36-52)44-29-23-40(24-30-44)20-14-10-8-6-4-2/h25-26,31-32,39-40,43-44H,3-24,27-30,33-38H2,1-2H3. The van der Waals surface area contributed by atoms with Gasteiger partial charge in [0.05, 0.1) is 13.2 Å². The number of ether oxygens (including phenoxy) is 1. The van der Waals surface area contributed by atoms with Crippen LogP contribution in [0.1, 0.15) is 229 Å². The van der Waals surface area contributed by atoms with Crippen molar-refractivity contribution in [1.29, 1.82) is 0 Å². The zero-order valence-electron chi connectivity index (χ0n) is 36.2. The quantitative estimate of drug-likeness (QED) is 0.0958. The van der Waals surface area contributed by atoms with E-state index in [9.17, 15) is 0 Å². The summed E-state index contributed by atoms with van der Waals surface area (Å²) in [7, 11) is 0. The molecule has 4 saturated carbocycles. The average Bonchev–Trinajstić information content (AvgIpc) is 3.24. The first-order valence-corrected chi connectivity index (χ1v) is 24.4. The fourth-order valence-corrected chi connectivity index (χ4v) is 12.7. The number of hydrogen-bond acceptors (Lipinski definition) is 1. The second-order valence-corrected chi connectivity index (χ2v) is 19.6. The summed E-state index contributed by atoms with van der Waals surface area (Å²) in [5.74, 6) is -0.818. The molecule has 0 unspecified atom stereocenters. The van der Waals surface area contributed by atoms with Gasteiger partial charge in [-0.3, -0.25) is 0 Å². The van der Waals surface area contributed by atoms with E-state index in [1.54, 1.807) is 12.1 Å². The van der Waals surface area contributed by atoms with E-state index in [-0.39, 0.29) is 35.2 Å². The summed E-state index contributed by atoms with van der Waals surface area (Å²) in [5.41, 5.74) is 0.791. The predicted octanol–water partition coefficient (Wildman–Crippen LogP) is 16.7. The molecule has 0 spiro atoms. The van der Waals surface area contributed by atoms with Crippen molar-refractivity contribution < 1.29 is 22.3 Å². The molecule has 320 valence electrons. The van der Waals surface area contributed by atoms with Crippen molar-refractivity contribution in [3.63, 3.8) is 0 Å². The molecule has 0 aromatic heterocycles. The van der Waals surface area contributed by atoms with Crippen molar-refractivity contribution in [3.8, 4) is 0 Å². The lowest BCUT2D eigenvalue weighted by molar-refractivity contribution is 0.0995. The lowest BCUT2D eigenvalue weighted by Gasteiger charge is -2.47. The summed E-state index contributed by atoms with van der Waals surface area (Å²) in [4.78, 5) is 0. The Kier molecular flexibility index (Phi) is 17.3. The maximum atomic E-state index is 16.2. The van der Waals surface area contributed by atoms with Crippen LogP contribution in [0, 0.1) is 46.9 Å². The molecule has 4 fully saturated rings. The molecule has 6 rings (SSSR count). The molecule has 2 aromatic rings. The zero-order chi connectivity index (χ0) is 40.1. The molecule has 57 heavy (non-hydrogen) atoms. The third-order valence-electron chi connectivity index (χ3n) is 16.1. The van der Waals surface area contributed by atoms with Gasteiger partial charge in [0.25, 0.3) is 0 Å². The number of hydrogen-bond donors (Lipinski definition) is 0. The molecule has 0 amide bonds. The minimum Gasteiger partial charge on any atom is -0.372 e. The van der Waals surface area contributed by atoms with Gasteiger partial charge in [0.15, 0.2) is 23.3 Å². The van der Waals surface area contributed by atoms with Gasteiger partial charge in [0, 0.05) is 22.0 Å². The molecule has 0 bridgehead atoms. The van der Waals surface area contributed by atoms with Crippen LogP contribution in [0.2, 0.25) is 0 Å². The van der Waals surface area contributed by atoms with Crippen molar-refractivity contribution in [2.24, 2.45) is 23.7 Å². The Balaban J connectivity index is 1.07. The Morgan fingerprint density at radius 3 is 1.19 bits per heavy atom. The van der Waals surface area contributed by atoms with Crippen LogP contribution in [0.5, 0.6) is 0 Å². The Labute approximate surface area is 345 Å². The van der Waals surface area contributed by atoms with Crippen LogP contribution in [0.15, 0.2) is 24.3 Å². The molecule has 0 heterocycles. The first-order valence-electron chi connectivity index (χ1n) is 24.4. The topological polar surface area (TPSA) is 9.23 Å². The predicted molar refractivity (Wildman–Crippen MR) is 228 cm³/mol. The van der Waals surface area contributed by atoms with Gasteiger partial charge in [-0.25, -0.2) is 17.6 Å². The van der Waals surface area contributed by atoms with E-state index in [4.69, 9.17) is 4.74 Å². The first kappa shape index (κ1) is 44.7. The molecule has 4 aliphatic rings. The molecule has 5 heteroatoms. The molecule has 0 radical (unpaired) electrons. The molecule has 0 aliphatic heterocycles. The Morgan fingerprint density at radius 1 is 0.456 bits per heavy atom. The van der Waals surface area contributed by atoms with Crippen LogP contribution in [0.3, 0.4) is 0 Å². The third kappa shape index (κ3) is 10.9. The van der Waals surface area contributed by atoms with Crippen molar-refractivity contribution >= 4 is 0 Å². The average molecular weight is 795 g/mol. The molecule has 0 atom stereocenters. The van der Waals surface area contributed by atoms with Gasteiger partial charge in [0.2, 0.25) is 0 Å². The number of halogens is 4. The van der Waals surface area contributed by atoms with E-state index < -0.39 is 23.3 Å². The number of rotatable bonds is 20. The molecule has 0 N–H and O–H groups in total. The van der Waals surface area contributed by atoms with Gasteiger partial charge >= 0.3 is 0 Å². The lowest BCUT2D eigenvalue weighted by Crippen LogP contribution is -2.40. The normalized spacial score (nSPS) is 25.1. The summed E-state index contributed by atoms with van der Waals surface area (Å²) >= 11 is 0. The highest BCUT2D eigenvalue weighted by molar-refractivity contribution is 5.35. The van der Waals surface area contributed by atoms with Gasteiger partial charge in [-0.15, -0.1) is 0 Å². The van der Waals surface area contributed by atoms with E-state index in [1.807, 2.05) is 12.1 Å². The van der Waals surface area contributed by atoms with Gasteiger partial charge < -0.3 is 4.74 Å². The summed E-state index contributed by atoms with van der Waals surface area (Å²) < 4.78 is 70.2. The molecular formula is C52H78F4O. The van der Waals surface area contributed by atoms with E-state index >= 15 is 17.6 Å². The minimum absolute atomic E-state index is 0.143. The highest BCUT2D eigenvalue weighted by Gasteiger charge is 2.46. The first-order chi connectivity index (χ1) is 27.8. The van der Waals surface area contributed by atoms with Crippen molar-refractivity contribution in [2.75, 3.05) is 0 Å². The van der Waals surface area contributed by atoms with Crippen LogP contribution in [-0.4, -0.2) is 0 Å². The monoisotopic (exact) mass is 795 g/mol. The van der Waals surface area contributed by atoms with Crippen LogP contribution in [-0.2, 0) is 28.8 Å². The Hall–Kier alpha value is -1.88. The van der Waals surface area contributed by atoms with E-state index in [0.29, 0.717) is 23.0 Å². The second-order valence-electron chi connectivity index (χ2n) is 19.6. The largest absolute Gasteiger partial charge is 0.372 e. The molecule has 1 nitrogen and oxygen atoms in total. The van der Waals surface area contributed by atoms with Gasteiger partial charge in [-0.1, -0.05) is 179 Å². The summed E-state index contributed by atoms with van der Waals surface area (Å²) in [5, 5.41) is 0. The van der Waals surface area contributed by atoms with Gasteiger partial charge in [-0.2, -0.15) is 0 Å². The van der Waals surface area contributed by atoms with Gasteiger partial charge in [0.1, 0.15) is 0 Å². The maximum Gasteiger partial charge on any atom is 0.164 e. The summed E-state index contributed by atoms with van der Waals surface area (Å²) in [6, 6.07) is 7.06. The summed E-state index contributed by atoms with van der Waals surface area (Å²) in [6.45, 7) is 4.15. The smallest absolute Gasteiger partial charge is 0.164 e.